The summed E-state index contributed by atoms with van der Waals surface area (Å²) in [5.41, 5.74) is 1.14. The highest BCUT2D eigenvalue weighted by Gasteiger charge is 2.02. The third-order valence-corrected chi connectivity index (χ3v) is 2.89. The second-order valence-electron chi connectivity index (χ2n) is 4.17. The van der Waals surface area contributed by atoms with E-state index in [0.717, 1.165) is 15.8 Å². The Hall–Kier alpha value is -1.29. The average molecular weight is 295 g/mol. The Balaban J connectivity index is 1.97. The standard InChI is InChI=1S/C13H15BrN2O/c1-10(2)16-8-13(7-15-16)17-9-11-4-3-5-12(14)6-11/h3-8,10H,9H2,1-2H3. The molecule has 0 aliphatic carbocycles. The lowest BCUT2D eigenvalue weighted by Gasteiger charge is -2.05. The van der Waals surface area contributed by atoms with Crippen molar-refractivity contribution in [2.24, 2.45) is 0 Å². The van der Waals surface area contributed by atoms with Crippen molar-refractivity contribution in [2.75, 3.05) is 0 Å². The molecule has 3 nitrogen and oxygen atoms in total. The molecule has 0 bridgehead atoms. The van der Waals surface area contributed by atoms with Gasteiger partial charge in [0.1, 0.15) is 6.61 Å². The molecule has 2 rings (SSSR count). The summed E-state index contributed by atoms with van der Waals surface area (Å²) >= 11 is 3.44. The maximum absolute atomic E-state index is 5.67. The van der Waals surface area contributed by atoms with Crippen LogP contribution in [0, 0.1) is 0 Å². The number of ether oxygens (including phenoxy) is 1. The number of hydrogen-bond donors (Lipinski definition) is 0. The Kier molecular flexibility index (Phi) is 3.84. The monoisotopic (exact) mass is 294 g/mol. The van der Waals surface area contributed by atoms with Crippen LogP contribution >= 0.6 is 15.9 Å². The van der Waals surface area contributed by atoms with Crippen molar-refractivity contribution in [3.05, 3.63) is 46.7 Å². The topological polar surface area (TPSA) is 27.1 Å². The normalized spacial score (nSPS) is 10.8. The van der Waals surface area contributed by atoms with Gasteiger partial charge in [-0.25, -0.2) is 0 Å². The van der Waals surface area contributed by atoms with E-state index in [4.69, 9.17) is 4.74 Å². The van der Waals surface area contributed by atoms with Gasteiger partial charge in [-0.3, -0.25) is 4.68 Å². The molecule has 0 aliphatic rings. The van der Waals surface area contributed by atoms with Gasteiger partial charge in [-0.1, -0.05) is 28.1 Å². The largest absolute Gasteiger partial charge is 0.486 e. The molecule has 0 amide bonds. The second kappa shape index (κ2) is 5.36. The summed E-state index contributed by atoms with van der Waals surface area (Å²) in [7, 11) is 0. The Morgan fingerprint density at radius 2 is 2.24 bits per heavy atom. The molecule has 17 heavy (non-hydrogen) atoms. The SMILES string of the molecule is CC(C)n1cc(OCc2cccc(Br)c2)cn1. The second-order valence-corrected chi connectivity index (χ2v) is 5.08. The van der Waals surface area contributed by atoms with Crippen molar-refractivity contribution in [3.63, 3.8) is 0 Å². The zero-order valence-corrected chi connectivity index (χ0v) is 11.5. The molecule has 0 spiro atoms. The van der Waals surface area contributed by atoms with Crippen LogP contribution in [-0.2, 0) is 6.61 Å². The van der Waals surface area contributed by atoms with Crippen LogP contribution < -0.4 is 4.74 Å². The third-order valence-electron chi connectivity index (χ3n) is 2.40. The molecule has 2 aromatic rings. The maximum Gasteiger partial charge on any atom is 0.157 e. The quantitative estimate of drug-likeness (QED) is 0.857. The molecule has 1 heterocycles. The van der Waals surface area contributed by atoms with Crippen molar-refractivity contribution in [1.29, 1.82) is 0 Å². The van der Waals surface area contributed by atoms with Gasteiger partial charge in [0.15, 0.2) is 5.75 Å². The molecule has 0 saturated heterocycles. The molecule has 1 aromatic carbocycles. The predicted octanol–water partition coefficient (Wildman–Crippen LogP) is 3.81. The highest BCUT2D eigenvalue weighted by atomic mass is 79.9. The Labute approximate surface area is 110 Å². The van der Waals surface area contributed by atoms with Crippen LogP contribution in [0.15, 0.2) is 41.1 Å². The minimum atomic E-state index is 0.359. The van der Waals surface area contributed by atoms with E-state index in [2.05, 4.69) is 34.9 Å². The summed E-state index contributed by atoms with van der Waals surface area (Å²) in [6.45, 7) is 4.74. The number of hydrogen-bond acceptors (Lipinski definition) is 2. The number of halogens is 1. The summed E-state index contributed by atoms with van der Waals surface area (Å²) < 4.78 is 8.63. The van der Waals surface area contributed by atoms with E-state index in [0.29, 0.717) is 12.6 Å². The van der Waals surface area contributed by atoms with E-state index >= 15 is 0 Å². The molecule has 4 heteroatoms. The lowest BCUT2D eigenvalue weighted by molar-refractivity contribution is 0.305. The van der Waals surface area contributed by atoms with Crippen molar-refractivity contribution in [2.45, 2.75) is 26.5 Å². The van der Waals surface area contributed by atoms with Crippen LogP contribution in [0.5, 0.6) is 5.75 Å². The third kappa shape index (κ3) is 3.33. The van der Waals surface area contributed by atoms with Crippen molar-refractivity contribution >= 4 is 15.9 Å². The molecule has 1 aromatic heterocycles. The number of nitrogens with zero attached hydrogens (tertiary/aromatic N) is 2. The fraction of sp³-hybridized carbons (Fsp3) is 0.308. The zero-order chi connectivity index (χ0) is 12.3. The van der Waals surface area contributed by atoms with Crippen molar-refractivity contribution < 1.29 is 4.74 Å². The molecule has 0 saturated carbocycles. The number of benzene rings is 1. The maximum atomic E-state index is 5.67. The van der Waals surface area contributed by atoms with Gasteiger partial charge >= 0.3 is 0 Å². The summed E-state index contributed by atoms with van der Waals surface area (Å²) in [6.07, 6.45) is 3.67. The first-order valence-corrected chi connectivity index (χ1v) is 6.36. The molecule has 0 fully saturated rings. The van der Waals surface area contributed by atoms with E-state index in [1.54, 1.807) is 6.20 Å². The smallest absolute Gasteiger partial charge is 0.157 e. The van der Waals surface area contributed by atoms with E-state index in [9.17, 15) is 0 Å². The predicted molar refractivity (Wildman–Crippen MR) is 71.1 cm³/mol. The molecular formula is C13H15BrN2O. The summed E-state index contributed by atoms with van der Waals surface area (Å²) in [5.74, 6) is 0.804. The van der Waals surface area contributed by atoms with Gasteiger partial charge in [0.2, 0.25) is 0 Å². The fourth-order valence-electron chi connectivity index (χ4n) is 1.47. The van der Waals surface area contributed by atoms with Gasteiger partial charge in [-0.05, 0) is 31.5 Å². The van der Waals surface area contributed by atoms with Crippen LogP contribution in [0.3, 0.4) is 0 Å². The average Bonchev–Trinajstić information content (AvgIpc) is 2.75. The molecule has 0 N–H and O–H groups in total. The van der Waals surface area contributed by atoms with Crippen LogP contribution in [0.25, 0.3) is 0 Å². The first-order valence-electron chi connectivity index (χ1n) is 5.56. The highest BCUT2D eigenvalue weighted by Crippen LogP contribution is 2.16. The van der Waals surface area contributed by atoms with E-state index < -0.39 is 0 Å². The van der Waals surface area contributed by atoms with Crippen molar-refractivity contribution in [3.8, 4) is 5.75 Å². The lowest BCUT2D eigenvalue weighted by atomic mass is 10.2. The molecule has 0 aliphatic heterocycles. The van der Waals surface area contributed by atoms with Gasteiger partial charge in [0, 0.05) is 10.5 Å². The van der Waals surface area contributed by atoms with Gasteiger partial charge in [-0.2, -0.15) is 5.10 Å². The van der Waals surface area contributed by atoms with Crippen LogP contribution in [0.1, 0.15) is 25.5 Å². The zero-order valence-electron chi connectivity index (χ0n) is 9.93. The van der Waals surface area contributed by atoms with E-state index in [1.807, 2.05) is 35.1 Å². The van der Waals surface area contributed by atoms with Gasteiger partial charge < -0.3 is 4.74 Å². The molecular weight excluding hydrogens is 280 g/mol. The van der Waals surface area contributed by atoms with Crippen LogP contribution in [0.4, 0.5) is 0 Å². The van der Waals surface area contributed by atoms with Crippen molar-refractivity contribution in [1.82, 2.24) is 9.78 Å². The number of aromatic nitrogens is 2. The Morgan fingerprint density at radius 1 is 1.41 bits per heavy atom. The number of rotatable bonds is 4. The first-order chi connectivity index (χ1) is 8.15. The van der Waals surface area contributed by atoms with Gasteiger partial charge in [-0.15, -0.1) is 0 Å². The molecule has 0 radical (unpaired) electrons. The van der Waals surface area contributed by atoms with E-state index in [-0.39, 0.29) is 0 Å². The van der Waals surface area contributed by atoms with Crippen LogP contribution in [-0.4, -0.2) is 9.78 Å². The lowest BCUT2D eigenvalue weighted by Crippen LogP contribution is -2.00. The Bertz CT molecular complexity index is 494. The minimum absolute atomic E-state index is 0.359. The van der Waals surface area contributed by atoms with E-state index in [1.165, 1.54) is 0 Å². The van der Waals surface area contributed by atoms with Gasteiger partial charge in [0.05, 0.1) is 12.4 Å². The minimum Gasteiger partial charge on any atom is -0.486 e. The Morgan fingerprint density at radius 3 is 2.88 bits per heavy atom. The fourth-order valence-corrected chi connectivity index (χ4v) is 1.92. The van der Waals surface area contributed by atoms with Crippen LogP contribution in [0.2, 0.25) is 0 Å². The molecule has 0 unspecified atom stereocenters. The molecule has 0 atom stereocenters. The summed E-state index contributed by atoms with van der Waals surface area (Å²) in [5, 5.41) is 4.23. The van der Waals surface area contributed by atoms with Gasteiger partial charge in [0.25, 0.3) is 0 Å². The highest BCUT2D eigenvalue weighted by molar-refractivity contribution is 9.10. The summed E-state index contributed by atoms with van der Waals surface area (Å²) in [6, 6.07) is 8.45. The first kappa shape index (κ1) is 12.2. The molecule has 90 valence electrons. The summed E-state index contributed by atoms with van der Waals surface area (Å²) in [4.78, 5) is 0.